The average Bonchev–Trinajstić information content (AvgIpc) is 2.54. The minimum Gasteiger partial charge on any atom is -0.465 e. The van der Waals surface area contributed by atoms with E-state index >= 15 is 0 Å². The first kappa shape index (κ1) is 16.2. The Morgan fingerprint density at radius 2 is 1.74 bits per heavy atom. The molecule has 0 aliphatic carbocycles. The maximum Gasteiger partial charge on any atom is 0.339 e. The molecule has 118 valence electrons. The lowest BCUT2D eigenvalue weighted by molar-refractivity contribution is -0.133. The second kappa shape index (κ2) is 7.17. The summed E-state index contributed by atoms with van der Waals surface area (Å²) in [4.78, 5) is 39.4. The number of pyridine rings is 1. The van der Waals surface area contributed by atoms with Gasteiger partial charge in [0, 0.05) is 6.20 Å². The molecule has 1 aromatic heterocycles. The monoisotopic (exact) mass is 313 g/mol. The number of methoxy groups -OCH3 is 1. The van der Waals surface area contributed by atoms with Gasteiger partial charge in [-0.3, -0.25) is 9.59 Å². The van der Waals surface area contributed by atoms with Gasteiger partial charge in [0.1, 0.15) is 5.82 Å². The molecule has 1 aromatic carbocycles. The Balaban J connectivity index is 2.10. The van der Waals surface area contributed by atoms with E-state index in [1.54, 1.807) is 24.3 Å². The smallest absolute Gasteiger partial charge is 0.339 e. The van der Waals surface area contributed by atoms with Gasteiger partial charge in [0.15, 0.2) is 0 Å². The summed E-state index contributed by atoms with van der Waals surface area (Å²) in [6.07, 6.45) is 1.52. The molecule has 0 fully saturated rings. The quantitative estimate of drug-likeness (QED) is 0.664. The van der Waals surface area contributed by atoms with Gasteiger partial charge in [0.05, 0.1) is 18.4 Å². The first-order valence-electron chi connectivity index (χ1n) is 6.73. The normalized spacial score (nSPS) is 9.83. The minimum atomic E-state index is -0.912. The van der Waals surface area contributed by atoms with E-state index in [2.05, 4.69) is 20.4 Å². The molecule has 0 bridgehead atoms. The number of nitrogens with one attached hydrogen (secondary N) is 2. The Bertz CT molecular complexity index is 758. The van der Waals surface area contributed by atoms with Crippen molar-refractivity contribution in [2.45, 2.75) is 6.92 Å². The number of amides is 2. The number of ether oxygens (including phenoxy) is 1. The summed E-state index contributed by atoms with van der Waals surface area (Å²) in [7, 11) is 1.23. The fourth-order valence-corrected chi connectivity index (χ4v) is 1.84. The van der Waals surface area contributed by atoms with Crippen LogP contribution in [-0.4, -0.2) is 29.9 Å². The molecular weight excluding hydrogens is 298 g/mol. The largest absolute Gasteiger partial charge is 0.465 e. The number of carbonyl (C=O) groups is 3. The van der Waals surface area contributed by atoms with E-state index in [1.165, 1.54) is 25.4 Å². The van der Waals surface area contributed by atoms with Crippen LogP contribution in [0.1, 0.15) is 15.9 Å². The number of rotatable bonds is 3. The third-order valence-corrected chi connectivity index (χ3v) is 2.94. The van der Waals surface area contributed by atoms with Gasteiger partial charge in [-0.2, -0.15) is 0 Å². The van der Waals surface area contributed by atoms with E-state index in [0.717, 1.165) is 5.56 Å². The third kappa shape index (κ3) is 4.13. The van der Waals surface area contributed by atoms with Crippen LogP contribution in [-0.2, 0) is 14.3 Å². The molecule has 0 saturated heterocycles. The maximum atomic E-state index is 12.0. The van der Waals surface area contributed by atoms with Crippen LogP contribution in [0.5, 0.6) is 0 Å². The minimum absolute atomic E-state index is 0.157. The molecule has 0 aliphatic rings. The molecule has 0 radical (unpaired) electrons. The lowest BCUT2D eigenvalue weighted by Gasteiger charge is -2.09. The SMILES string of the molecule is COC(=O)c1ccccc1NC(=O)C(=O)Nc1cc(C)ccn1. The molecule has 2 amide bonds. The number of anilines is 2. The Morgan fingerprint density at radius 1 is 1.04 bits per heavy atom. The highest BCUT2D eigenvalue weighted by Crippen LogP contribution is 2.16. The maximum absolute atomic E-state index is 12.0. The third-order valence-electron chi connectivity index (χ3n) is 2.94. The van der Waals surface area contributed by atoms with Crippen LogP contribution in [0.25, 0.3) is 0 Å². The van der Waals surface area contributed by atoms with Gasteiger partial charge >= 0.3 is 17.8 Å². The number of hydrogen-bond acceptors (Lipinski definition) is 5. The molecule has 7 nitrogen and oxygen atoms in total. The molecule has 0 spiro atoms. The van der Waals surface area contributed by atoms with Crippen molar-refractivity contribution in [2.24, 2.45) is 0 Å². The van der Waals surface area contributed by atoms with Gasteiger partial charge in [0.2, 0.25) is 0 Å². The van der Waals surface area contributed by atoms with Gasteiger partial charge in [0.25, 0.3) is 0 Å². The topological polar surface area (TPSA) is 97.4 Å². The van der Waals surface area contributed by atoms with E-state index in [1.807, 2.05) is 6.92 Å². The number of esters is 1. The van der Waals surface area contributed by atoms with Crippen LogP contribution in [0.2, 0.25) is 0 Å². The predicted molar refractivity (Wildman–Crippen MR) is 84.0 cm³/mol. The van der Waals surface area contributed by atoms with E-state index in [0.29, 0.717) is 0 Å². The van der Waals surface area contributed by atoms with E-state index < -0.39 is 17.8 Å². The Hall–Kier alpha value is -3.22. The summed E-state index contributed by atoms with van der Waals surface area (Å²) in [6.45, 7) is 1.84. The van der Waals surface area contributed by atoms with Crippen molar-refractivity contribution >= 4 is 29.3 Å². The Morgan fingerprint density at radius 3 is 2.43 bits per heavy atom. The van der Waals surface area contributed by atoms with Gasteiger partial charge in [-0.25, -0.2) is 9.78 Å². The van der Waals surface area contributed by atoms with Crippen molar-refractivity contribution in [3.63, 3.8) is 0 Å². The van der Waals surface area contributed by atoms with Crippen molar-refractivity contribution in [3.8, 4) is 0 Å². The van der Waals surface area contributed by atoms with Gasteiger partial charge in [-0.1, -0.05) is 12.1 Å². The molecule has 0 unspecified atom stereocenters. The van der Waals surface area contributed by atoms with Crippen molar-refractivity contribution in [1.29, 1.82) is 0 Å². The number of aryl methyl sites for hydroxylation is 1. The molecule has 2 aromatic rings. The highest BCUT2D eigenvalue weighted by Gasteiger charge is 2.18. The highest BCUT2D eigenvalue weighted by atomic mass is 16.5. The average molecular weight is 313 g/mol. The van der Waals surface area contributed by atoms with Crippen LogP contribution < -0.4 is 10.6 Å². The molecule has 2 rings (SSSR count). The highest BCUT2D eigenvalue weighted by molar-refractivity contribution is 6.43. The number of benzene rings is 1. The molecule has 1 heterocycles. The summed E-state index contributed by atoms with van der Waals surface area (Å²) < 4.78 is 4.63. The lowest BCUT2D eigenvalue weighted by atomic mass is 10.2. The van der Waals surface area contributed by atoms with Gasteiger partial charge in [-0.15, -0.1) is 0 Å². The lowest BCUT2D eigenvalue weighted by Crippen LogP contribution is -2.30. The number of aromatic nitrogens is 1. The van der Waals surface area contributed by atoms with E-state index in [9.17, 15) is 14.4 Å². The summed E-state index contributed by atoms with van der Waals surface area (Å²) in [5.74, 6) is -2.14. The number of para-hydroxylation sites is 1. The standard InChI is InChI=1S/C16H15N3O4/c1-10-7-8-17-13(9-10)19-15(21)14(20)18-12-6-4-3-5-11(12)16(22)23-2/h3-9H,1-2H3,(H,18,20)(H,17,19,21). The molecule has 0 saturated carbocycles. The van der Waals surface area contributed by atoms with Crippen LogP contribution in [0, 0.1) is 6.92 Å². The van der Waals surface area contributed by atoms with Crippen molar-refractivity contribution in [2.75, 3.05) is 17.7 Å². The summed E-state index contributed by atoms with van der Waals surface area (Å²) in [6, 6.07) is 9.64. The Labute approximate surface area is 132 Å². The number of nitrogens with zero attached hydrogens (tertiary/aromatic N) is 1. The summed E-state index contributed by atoms with van der Waals surface area (Å²) >= 11 is 0. The zero-order valence-electron chi connectivity index (χ0n) is 12.6. The van der Waals surface area contributed by atoms with Crippen molar-refractivity contribution in [1.82, 2.24) is 4.98 Å². The second-order valence-electron chi connectivity index (χ2n) is 4.66. The fourth-order valence-electron chi connectivity index (χ4n) is 1.84. The molecular formula is C16H15N3O4. The molecule has 7 heteroatoms. The van der Waals surface area contributed by atoms with Crippen LogP contribution in [0.3, 0.4) is 0 Å². The van der Waals surface area contributed by atoms with E-state index in [-0.39, 0.29) is 17.1 Å². The molecule has 23 heavy (non-hydrogen) atoms. The second-order valence-corrected chi connectivity index (χ2v) is 4.66. The van der Waals surface area contributed by atoms with E-state index in [4.69, 9.17) is 0 Å². The van der Waals surface area contributed by atoms with Crippen LogP contribution >= 0.6 is 0 Å². The predicted octanol–water partition coefficient (Wildman–Crippen LogP) is 1.75. The number of carbonyl (C=O) groups excluding carboxylic acids is 3. The first-order valence-corrected chi connectivity index (χ1v) is 6.73. The zero-order valence-corrected chi connectivity index (χ0v) is 12.6. The Kier molecular flexibility index (Phi) is 5.03. The molecule has 0 aliphatic heterocycles. The molecule has 2 N–H and O–H groups in total. The zero-order chi connectivity index (χ0) is 16.8. The first-order chi connectivity index (χ1) is 11.0. The van der Waals surface area contributed by atoms with Gasteiger partial charge < -0.3 is 15.4 Å². The van der Waals surface area contributed by atoms with Crippen LogP contribution in [0.4, 0.5) is 11.5 Å². The number of hydrogen-bond donors (Lipinski definition) is 2. The van der Waals surface area contributed by atoms with Gasteiger partial charge in [-0.05, 0) is 36.8 Å². The summed E-state index contributed by atoms with van der Waals surface area (Å²) in [5, 5.41) is 4.77. The summed E-state index contributed by atoms with van der Waals surface area (Å²) in [5.41, 5.74) is 1.24. The fraction of sp³-hybridized carbons (Fsp3) is 0.125. The van der Waals surface area contributed by atoms with Crippen molar-refractivity contribution < 1.29 is 19.1 Å². The molecule has 0 atom stereocenters. The van der Waals surface area contributed by atoms with Crippen molar-refractivity contribution in [3.05, 3.63) is 53.7 Å². The van der Waals surface area contributed by atoms with Crippen LogP contribution in [0.15, 0.2) is 42.6 Å².